The van der Waals surface area contributed by atoms with Crippen LogP contribution >= 0.6 is 0 Å². The fraction of sp³-hybridized carbons (Fsp3) is 0.158. The number of methoxy groups -OCH3 is 1. The van der Waals surface area contributed by atoms with Crippen molar-refractivity contribution in [2.45, 2.75) is 0 Å². The molecule has 2 aromatic rings. The Kier molecular flexibility index (Phi) is 4.70. The lowest BCUT2D eigenvalue weighted by molar-refractivity contribution is -0.139. The second kappa shape index (κ2) is 7.09. The molecule has 0 saturated carbocycles. The van der Waals surface area contributed by atoms with Crippen LogP contribution in [0, 0.1) is 0 Å². The van der Waals surface area contributed by atoms with Gasteiger partial charge in [-0.2, -0.15) is 0 Å². The van der Waals surface area contributed by atoms with Crippen molar-refractivity contribution in [1.82, 2.24) is 0 Å². The molecule has 1 aliphatic rings. The lowest BCUT2D eigenvalue weighted by atomic mass is 9.98. The highest BCUT2D eigenvalue weighted by molar-refractivity contribution is 6.14. The first kappa shape index (κ1) is 16.6. The van der Waals surface area contributed by atoms with Gasteiger partial charge in [0, 0.05) is 5.57 Å². The molecule has 0 spiro atoms. The van der Waals surface area contributed by atoms with E-state index in [0.717, 1.165) is 5.56 Å². The number of fused-ring (bicyclic) bond motifs is 1. The van der Waals surface area contributed by atoms with Crippen LogP contribution in [0.15, 0.2) is 48.0 Å². The Morgan fingerprint density at radius 3 is 2.60 bits per heavy atom. The van der Waals surface area contributed by atoms with E-state index in [2.05, 4.69) is 0 Å². The fourth-order valence-electron chi connectivity index (χ4n) is 2.45. The SMILES string of the molecule is COc1ccc2c(c1)C(=O)/C(=C/c1ccc(OCC(=O)O)cc1)CO2. The first-order valence-electron chi connectivity index (χ1n) is 7.57. The standard InChI is InChI=1S/C19H16O6/c1-23-15-6-7-17-16(9-15)19(22)13(10-25-17)8-12-2-4-14(5-3-12)24-11-18(20)21/h2-9H,10-11H2,1H3,(H,20,21)/b13-8+. The van der Waals surface area contributed by atoms with E-state index in [1.807, 2.05) is 0 Å². The zero-order valence-corrected chi connectivity index (χ0v) is 13.5. The molecule has 0 fully saturated rings. The number of ketones is 1. The number of carbonyl (C=O) groups is 2. The van der Waals surface area contributed by atoms with Gasteiger partial charge in [-0.1, -0.05) is 12.1 Å². The Morgan fingerprint density at radius 2 is 1.92 bits per heavy atom. The zero-order valence-electron chi connectivity index (χ0n) is 13.5. The molecule has 0 aromatic heterocycles. The molecule has 1 N–H and O–H groups in total. The monoisotopic (exact) mass is 340 g/mol. The summed E-state index contributed by atoms with van der Waals surface area (Å²) in [6.45, 7) is -0.208. The second-order valence-corrected chi connectivity index (χ2v) is 5.40. The van der Waals surface area contributed by atoms with Gasteiger partial charge in [-0.15, -0.1) is 0 Å². The van der Waals surface area contributed by atoms with Crippen LogP contribution in [-0.2, 0) is 4.79 Å². The molecule has 25 heavy (non-hydrogen) atoms. The number of aliphatic carboxylic acids is 1. The quantitative estimate of drug-likeness (QED) is 0.843. The summed E-state index contributed by atoms with van der Waals surface area (Å²) in [5.41, 5.74) is 1.79. The van der Waals surface area contributed by atoms with Crippen molar-refractivity contribution < 1.29 is 28.9 Å². The Balaban J connectivity index is 1.79. The van der Waals surface area contributed by atoms with E-state index in [9.17, 15) is 9.59 Å². The maximum atomic E-state index is 12.6. The summed E-state index contributed by atoms with van der Waals surface area (Å²) in [6, 6.07) is 11.9. The summed E-state index contributed by atoms with van der Waals surface area (Å²) < 4.78 is 15.9. The van der Waals surface area contributed by atoms with E-state index >= 15 is 0 Å². The van der Waals surface area contributed by atoms with Crippen LogP contribution in [0.2, 0.25) is 0 Å². The van der Waals surface area contributed by atoms with Gasteiger partial charge in [0.05, 0.1) is 12.7 Å². The molecule has 0 atom stereocenters. The van der Waals surface area contributed by atoms with Crippen molar-refractivity contribution >= 4 is 17.8 Å². The van der Waals surface area contributed by atoms with E-state index in [0.29, 0.717) is 28.4 Å². The highest BCUT2D eigenvalue weighted by Crippen LogP contribution is 2.31. The number of hydrogen-bond donors (Lipinski definition) is 1. The van der Waals surface area contributed by atoms with Crippen molar-refractivity contribution in [1.29, 1.82) is 0 Å². The predicted octanol–water partition coefficient (Wildman–Crippen LogP) is 2.82. The van der Waals surface area contributed by atoms with E-state index in [4.69, 9.17) is 19.3 Å². The molecule has 1 heterocycles. The van der Waals surface area contributed by atoms with Gasteiger partial charge in [0.1, 0.15) is 23.9 Å². The summed E-state index contributed by atoms with van der Waals surface area (Å²) in [4.78, 5) is 23.1. The van der Waals surface area contributed by atoms with Crippen LogP contribution in [-0.4, -0.2) is 37.2 Å². The van der Waals surface area contributed by atoms with E-state index in [-0.39, 0.29) is 12.4 Å². The van der Waals surface area contributed by atoms with Crippen molar-refractivity contribution in [2.24, 2.45) is 0 Å². The lowest BCUT2D eigenvalue weighted by Gasteiger charge is -2.19. The summed E-state index contributed by atoms with van der Waals surface area (Å²) in [5, 5.41) is 8.60. The van der Waals surface area contributed by atoms with Gasteiger partial charge >= 0.3 is 5.97 Å². The van der Waals surface area contributed by atoms with Crippen molar-refractivity contribution in [2.75, 3.05) is 20.3 Å². The third kappa shape index (κ3) is 3.80. The highest BCUT2D eigenvalue weighted by atomic mass is 16.5. The first-order valence-corrected chi connectivity index (χ1v) is 7.57. The zero-order chi connectivity index (χ0) is 17.8. The normalized spacial score (nSPS) is 14.6. The fourth-order valence-corrected chi connectivity index (χ4v) is 2.45. The molecule has 0 saturated heterocycles. The van der Waals surface area contributed by atoms with Gasteiger partial charge in [-0.3, -0.25) is 4.79 Å². The number of Topliss-reactive ketones (excluding diaryl/α,β-unsaturated/α-hetero) is 1. The molecular formula is C19H16O6. The molecule has 6 heteroatoms. The molecular weight excluding hydrogens is 324 g/mol. The molecule has 0 radical (unpaired) electrons. The van der Waals surface area contributed by atoms with Crippen molar-refractivity contribution in [3.63, 3.8) is 0 Å². The van der Waals surface area contributed by atoms with Gasteiger partial charge < -0.3 is 19.3 Å². The van der Waals surface area contributed by atoms with Crippen LogP contribution in [0.3, 0.4) is 0 Å². The number of rotatable bonds is 5. The highest BCUT2D eigenvalue weighted by Gasteiger charge is 2.23. The van der Waals surface area contributed by atoms with Crippen molar-refractivity contribution in [3.05, 3.63) is 59.2 Å². The van der Waals surface area contributed by atoms with Crippen LogP contribution in [0.5, 0.6) is 17.2 Å². The first-order chi connectivity index (χ1) is 12.1. The van der Waals surface area contributed by atoms with Crippen molar-refractivity contribution in [3.8, 4) is 17.2 Å². The molecule has 6 nitrogen and oxygen atoms in total. The molecule has 0 bridgehead atoms. The minimum atomic E-state index is -1.04. The average Bonchev–Trinajstić information content (AvgIpc) is 2.63. The average molecular weight is 340 g/mol. The van der Waals surface area contributed by atoms with Crippen LogP contribution in [0.25, 0.3) is 6.08 Å². The predicted molar refractivity (Wildman–Crippen MR) is 90.4 cm³/mol. The Bertz CT molecular complexity index is 835. The van der Waals surface area contributed by atoms with Gasteiger partial charge in [0.15, 0.2) is 12.4 Å². The number of carboxylic acids is 1. The molecule has 0 unspecified atom stereocenters. The van der Waals surface area contributed by atoms with Gasteiger partial charge in [0.2, 0.25) is 0 Å². The minimum absolute atomic E-state index is 0.105. The molecule has 0 aliphatic carbocycles. The third-order valence-corrected chi connectivity index (χ3v) is 3.69. The topological polar surface area (TPSA) is 82.1 Å². The summed E-state index contributed by atoms with van der Waals surface area (Å²) >= 11 is 0. The summed E-state index contributed by atoms with van der Waals surface area (Å²) in [6.07, 6.45) is 1.74. The van der Waals surface area contributed by atoms with E-state index in [1.54, 1.807) is 55.7 Å². The molecule has 128 valence electrons. The van der Waals surface area contributed by atoms with Crippen LogP contribution < -0.4 is 14.2 Å². The Labute approximate surface area is 144 Å². The lowest BCUT2D eigenvalue weighted by Crippen LogP contribution is -2.19. The molecule has 3 rings (SSSR count). The molecule has 2 aromatic carbocycles. The second-order valence-electron chi connectivity index (χ2n) is 5.40. The number of carboxylic acid groups (broad SMARTS) is 1. The van der Waals surface area contributed by atoms with Crippen LogP contribution in [0.4, 0.5) is 0 Å². The molecule has 0 amide bonds. The maximum absolute atomic E-state index is 12.6. The number of hydrogen-bond acceptors (Lipinski definition) is 5. The largest absolute Gasteiger partial charge is 0.497 e. The minimum Gasteiger partial charge on any atom is -0.497 e. The van der Waals surface area contributed by atoms with Gasteiger partial charge in [-0.25, -0.2) is 4.79 Å². The Hall–Kier alpha value is -3.28. The number of benzene rings is 2. The summed E-state index contributed by atoms with van der Waals surface area (Å²) in [5.74, 6) is 0.444. The Morgan fingerprint density at radius 1 is 1.20 bits per heavy atom. The number of ether oxygens (including phenoxy) is 3. The van der Waals surface area contributed by atoms with Crippen LogP contribution in [0.1, 0.15) is 15.9 Å². The maximum Gasteiger partial charge on any atom is 0.341 e. The third-order valence-electron chi connectivity index (χ3n) is 3.69. The van der Waals surface area contributed by atoms with E-state index < -0.39 is 12.6 Å². The van der Waals surface area contributed by atoms with Gasteiger partial charge in [-0.05, 0) is 42.0 Å². The number of carbonyl (C=O) groups excluding carboxylic acids is 1. The smallest absolute Gasteiger partial charge is 0.341 e. The summed E-state index contributed by atoms with van der Waals surface area (Å²) in [7, 11) is 1.54. The van der Waals surface area contributed by atoms with E-state index in [1.165, 1.54) is 0 Å². The van der Waals surface area contributed by atoms with Gasteiger partial charge in [0.25, 0.3) is 0 Å². The molecule has 1 aliphatic heterocycles.